The molecule has 0 aromatic rings. The minimum absolute atomic E-state index is 0.303. The van der Waals surface area contributed by atoms with Gasteiger partial charge in [0, 0.05) is 8.07 Å². The van der Waals surface area contributed by atoms with Crippen LogP contribution >= 0.6 is 0 Å². The molecule has 0 aromatic heterocycles. The molecule has 0 aromatic carbocycles. The van der Waals surface area contributed by atoms with E-state index in [2.05, 4.69) is 0 Å². The van der Waals surface area contributed by atoms with E-state index >= 15 is 0 Å². The Morgan fingerprint density at radius 2 is 1.70 bits per heavy atom. The molecule has 0 spiro atoms. The quantitative estimate of drug-likeness (QED) is 0.493. The maximum atomic E-state index is 11.9. The van der Waals surface area contributed by atoms with Gasteiger partial charge >= 0.3 is 10.2 Å². The Labute approximate surface area is 62.7 Å². The van der Waals surface area contributed by atoms with E-state index in [4.69, 9.17) is 0 Å². The highest BCUT2D eigenvalue weighted by atomic mass is 32.3. The second-order valence-corrected chi connectivity index (χ2v) is 10.7. The van der Waals surface area contributed by atoms with Crippen LogP contribution in [0.5, 0.6) is 0 Å². The summed E-state index contributed by atoms with van der Waals surface area (Å²) in [6.07, 6.45) is 0. The molecule has 0 N–H and O–H groups in total. The summed E-state index contributed by atoms with van der Waals surface area (Å²) < 4.78 is 32.0. The number of hydrogen-bond acceptors (Lipinski definition) is 2. The molecule has 62 valence electrons. The lowest BCUT2D eigenvalue weighted by atomic mass is 11.0. The van der Waals surface area contributed by atoms with E-state index in [-0.39, 0.29) is 5.75 Å². The Hall–Kier alpha value is 0.0969. The summed E-state index contributed by atoms with van der Waals surface area (Å²) in [6.45, 7) is 6.04. The van der Waals surface area contributed by atoms with E-state index < -0.39 is 18.3 Å². The zero-order chi connectivity index (χ0) is 8.41. The molecule has 0 saturated heterocycles. The summed E-state index contributed by atoms with van der Waals surface area (Å²) in [5, 5.41) is 0. The van der Waals surface area contributed by atoms with Crippen molar-refractivity contribution in [2.24, 2.45) is 0 Å². The van der Waals surface area contributed by atoms with Crippen molar-refractivity contribution in [2.75, 3.05) is 5.75 Å². The van der Waals surface area contributed by atoms with Gasteiger partial charge in [-0.1, -0.05) is 19.6 Å². The van der Waals surface area contributed by atoms with Crippen molar-refractivity contribution in [3.63, 3.8) is 0 Å². The molecule has 0 radical (unpaired) electrons. The maximum Gasteiger partial charge on any atom is 0.302 e. The van der Waals surface area contributed by atoms with Crippen LogP contribution in [-0.4, -0.2) is 22.2 Å². The van der Waals surface area contributed by atoms with Crippen molar-refractivity contribution >= 4 is 18.3 Å². The van der Waals surface area contributed by atoms with Crippen LogP contribution in [0.3, 0.4) is 0 Å². The van der Waals surface area contributed by atoms with Gasteiger partial charge in [0.15, 0.2) is 0 Å². The summed E-state index contributed by atoms with van der Waals surface area (Å²) in [6, 6.07) is 0.506. The van der Waals surface area contributed by atoms with Crippen molar-refractivity contribution in [3.05, 3.63) is 0 Å². The van der Waals surface area contributed by atoms with E-state index in [1.807, 2.05) is 19.6 Å². The molecular formula is C5H13FO2SSi. The molecule has 0 fully saturated rings. The van der Waals surface area contributed by atoms with E-state index in [1.165, 1.54) is 0 Å². The molecule has 0 heterocycles. The van der Waals surface area contributed by atoms with Gasteiger partial charge in [-0.05, 0) is 6.04 Å². The molecule has 10 heavy (non-hydrogen) atoms. The number of rotatable bonds is 3. The predicted octanol–water partition coefficient (Wildman–Crippen LogP) is 1.62. The van der Waals surface area contributed by atoms with Crippen molar-refractivity contribution in [1.29, 1.82) is 0 Å². The summed E-state index contributed by atoms with van der Waals surface area (Å²) in [4.78, 5) is 0. The van der Waals surface area contributed by atoms with E-state index in [0.29, 0.717) is 6.04 Å². The third kappa shape index (κ3) is 8.10. The molecule has 0 amide bonds. The maximum absolute atomic E-state index is 11.9. The summed E-state index contributed by atoms with van der Waals surface area (Å²) in [7, 11) is -5.61. The Balaban J connectivity index is 3.79. The van der Waals surface area contributed by atoms with Crippen LogP contribution in [0.2, 0.25) is 25.7 Å². The van der Waals surface area contributed by atoms with E-state index in [0.717, 1.165) is 0 Å². The minimum atomic E-state index is -4.22. The average molecular weight is 184 g/mol. The molecular weight excluding hydrogens is 171 g/mol. The largest absolute Gasteiger partial charge is 0.302 e. The standard InChI is InChI=1S/C5H13FO2SSi/c1-10(2,3)5-4-9(6,7)8/h4-5H2,1-3H3. The number of halogens is 1. The molecule has 0 aliphatic heterocycles. The molecule has 0 saturated carbocycles. The van der Waals surface area contributed by atoms with Gasteiger partial charge in [-0.3, -0.25) is 0 Å². The molecule has 0 bridgehead atoms. The van der Waals surface area contributed by atoms with E-state index in [9.17, 15) is 12.3 Å². The zero-order valence-electron chi connectivity index (χ0n) is 6.52. The Bertz CT molecular complexity index is 192. The first-order chi connectivity index (χ1) is 4.21. The lowest BCUT2D eigenvalue weighted by molar-refractivity contribution is 0.553. The Morgan fingerprint density at radius 1 is 1.30 bits per heavy atom. The second kappa shape index (κ2) is 3.00. The molecule has 0 unspecified atom stereocenters. The van der Waals surface area contributed by atoms with Crippen LogP contribution in [0.4, 0.5) is 3.89 Å². The first kappa shape index (κ1) is 10.1. The SMILES string of the molecule is C[Si](C)(C)CCS(=O)(=O)F. The van der Waals surface area contributed by atoms with Crippen LogP contribution in [-0.2, 0) is 10.2 Å². The third-order valence-corrected chi connectivity index (χ3v) is 3.90. The lowest BCUT2D eigenvalue weighted by Gasteiger charge is -2.12. The Kier molecular flexibility index (Phi) is 3.03. The molecule has 5 heteroatoms. The predicted molar refractivity (Wildman–Crippen MR) is 43.0 cm³/mol. The molecule has 0 atom stereocenters. The van der Waals surface area contributed by atoms with Gasteiger partial charge in [-0.15, -0.1) is 3.89 Å². The monoisotopic (exact) mass is 184 g/mol. The fourth-order valence-electron chi connectivity index (χ4n) is 0.428. The van der Waals surface area contributed by atoms with Crippen LogP contribution in [0, 0.1) is 0 Å². The van der Waals surface area contributed by atoms with Gasteiger partial charge in [-0.2, -0.15) is 8.42 Å². The minimum Gasteiger partial charge on any atom is -0.195 e. The van der Waals surface area contributed by atoms with Crippen LogP contribution in [0.15, 0.2) is 0 Å². The second-order valence-electron chi connectivity index (χ2n) is 3.55. The van der Waals surface area contributed by atoms with Gasteiger partial charge in [-0.25, -0.2) is 0 Å². The van der Waals surface area contributed by atoms with Crippen molar-refractivity contribution < 1.29 is 12.3 Å². The number of hydrogen-bond donors (Lipinski definition) is 0. The highest BCUT2D eigenvalue weighted by Gasteiger charge is 2.17. The highest BCUT2D eigenvalue weighted by Crippen LogP contribution is 2.10. The summed E-state index contributed by atoms with van der Waals surface area (Å²) in [5.41, 5.74) is 0. The van der Waals surface area contributed by atoms with Gasteiger partial charge in [0.05, 0.1) is 5.75 Å². The topological polar surface area (TPSA) is 34.1 Å². The normalized spacial score (nSPS) is 13.6. The average Bonchev–Trinajstić information content (AvgIpc) is 1.57. The summed E-state index contributed by atoms with van der Waals surface area (Å²) in [5.74, 6) is -0.303. The zero-order valence-corrected chi connectivity index (χ0v) is 8.33. The lowest BCUT2D eigenvalue weighted by Crippen LogP contribution is -2.22. The first-order valence-corrected chi connectivity index (χ1v) is 8.39. The van der Waals surface area contributed by atoms with Gasteiger partial charge in [0.25, 0.3) is 0 Å². The molecule has 0 aliphatic rings. The molecule has 0 rings (SSSR count). The van der Waals surface area contributed by atoms with Crippen molar-refractivity contribution in [2.45, 2.75) is 25.7 Å². The van der Waals surface area contributed by atoms with Crippen LogP contribution < -0.4 is 0 Å². The highest BCUT2D eigenvalue weighted by molar-refractivity contribution is 7.86. The van der Waals surface area contributed by atoms with Crippen molar-refractivity contribution in [3.8, 4) is 0 Å². The molecule has 2 nitrogen and oxygen atoms in total. The molecule has 0 aliphatic carbocycles. The van der Waals surface area contributed by atoms with Crippen LogP contribution in [0.25, 0.3) is 0 Å². The van der Waals surface area contributed by atoms with Gasteiger partial charge in [0.1, 0.15) is 0 Å². The van der Waals surface area contributed by atoms with Gasteiger partial charge in [0.2, 0.25) is 0 Å². The van der Waals surface area contributed by atoms with Crippen LogP contribution in [0.1, 0.15) is 0 Å². The Morgan fingerprint density at radius 3 is 1.80 bits per heavy atom. The third-order valence-electron chi connectivity index (χ3n) is 1.10. The summed E-state index contributed by atoms with van der Waals surface area (Å²) >= 11 is 0. The van der Waals surface area contributed by atoms with E-state index in [1.54, 1.807) is 0 Å². The fourth-order valence-corrected chi connectivity index (χ4v) is 3.85. The fraction of sp³-hybridized carbons (Fsp3) is 1.00. The van der Waals surface area contributed by atoms with Crippen molar-refractivity contribution in [1.82, 2.24) is 0 Å². The smallest absolute Gasteiger partial charge is 0.195 e. The first-order valence-electron chi connectivity index (χ1n) is 3.13. The van der Waals surface area contributed by atoms with Gasteiger partial charge < -0.3 is 0 Å².